The lowest BCUT2D eigenvalue weighted by atomic mass is 10.2. The van der Waals surface area contributed by atoms with Gasteiger partial charge in [-0.1, -0.05) is 33.3 Å². The van der Waals surface area contributed by atoms with Gasteiger partial charge in [0.15, 0.2) is 5.13 Å². The lowest BCUT2D eigenvalue weighted by Crippen LogP contribution is -2.11. The van der Waals surface area contributed by atoms with Gasteiger partial charge in [-0.25, -0.2) is 10.8 Å². The summed E-state index contributed by atoms with van der Waals surface area (Å²) in [7, 11) is 1.56. The van der Waals surface area contributed by atoms with Crippen molar-refractivity contribution >= 4 is 54.2 Å². The van der Waals surface area contributed by atoms with Crippen molar-refractivity contribution in [3.63, 3.8) is 0 Å². The Morgan fingerprint density at radius 1 is 1.35 bits per heavy atom. The van der Waals surface area contributed by atoms with Crippen LogP contribution in [0.25, 0.3) is 10.2 Å². The highest BCUT2D eigenvalue weighted by Crippen LogP contribution is 2.35. The van der Waals surface area contributed by atoms with Gasteiger partial charge in [-0.15, -0.1) is 0 Å². The highest BCUT2D eigenvalue weighted by molar-refractivity contribution is 9.10. The van der Waals surface area contributed by atoms with Crippen LogP contribution in [0.3, 0.4) is 0 Å². The zero-order valence-electron chi connectivity index (χ0n) is 12.1. The van der Waals surface area contributed by atoms with Crippen LogP contribution in [0.5, 0.6) is 5.75 Å². The van der Waals surface area contributed by atoms with Gasteiger partial charge in [-0.3, -0.25) is 10.2 Å². The fourth-order valence-corrected chi connectivity index (χ4v) is 3.35. The molecule has 0 radical (unpaired) electrons. The van der Waals surface area contributed by atoms with E-state index in [0.717, 1.165) is 9.17 Å². The van der Waals surface area contributed by atoms with E-state index in [1.165, 1.54) is 11.3 Å². The van der Waals surface area contributed by atoms with E-state index in [1.54, 1.807) is 25.3 Å². The quantitative estimate of drug-likeness (QED) is 0.466. The summed E-state index contributed by atoms with van der Waals surface area (Å²) in [5.74, 6) is 5.77. The first-order valence-corrected chi connectivity index (χ1v) is 8.24. The Kier molecular flexibility index (Phi) is 4.46. The Bertz CT molecular complexity index is 881. The molecule has 0 aliphatic rings. The fraction of sp³-hybridized carbons (Fsp3) is 0.0667. The van der Waals surface area contributed by atoms with Crippen LogP contribution in [-0.2, 0) is 0 Å². The predicted octanol–water partition coefficient (Wildman–Crippen LogP) is 3.61. The van der Waals surface area contributed by atoms with Gasteiger partial charge in [0.2, 0.25) is 0 Å². The molecule has 1 heterocycles. The SMILES string of the molecule is COc1cc(NC(=O)c2cccc(Br)c2)cc2sc(NN)nc12. The normalized spacial score (nSPS) is 10.6. The third-order valence-corrected chi connectivity index (χ3v) is 4.57. The van der Waals surface area contributed by atoms with Crippen molar-refractivity contribution in [2.24, 2.45) is 5.84 Å². The molecule has 1 amide bonds. The molecule has 0 aliphatic heterocycles. The standard InChI is InChI=1S/C15H13BrN4O2S/c1-22-11-6-10(7-12-13(11)19-15(20-17)23-12)18-14(21)8-3-2-4-9(16)5-8/h2-7H,17H2,1H3,(H,18,21)(H,19,20). The van der Waals surface area contributed by atoms with E-state index in [9.17, 15) is 4.79 Å². The number of carbonyl (C=O) groups is 1. The minimum Gasteiger partial charge on any atom is -0.494 e. The number of benzene rings is 2. The van der Waals surface area contributed by atoms with E-state index >= 15 is 0 Å². The van der Waals surface area contributed by atoms with E-state index in [1.807, 2.05) is 18.2 Å². The number of carbonyl (C=O) groups excluding carboxylic acids is 1. The molecule has 23 heavy (non-hydrogen) atoms. The number of amides is 1. The number of hydrogen-bond donors (Lipinski definition) is 3. The van der Waals surface area contributed by atoms with Crippen LogP contribution >= 0.6 is 27.3 Å². The zero-order chi connectivity index (χ0) is 16.4. The molecule has 6 nitrogen and oxygen atoms in total. The van der Waals surface area contributed by atoms with E-state index in [4.69, 9.17) is 10.6 Å². The molecule has 2 aromatic carbocycles. The lowest BCUT2D eigenvalue weighted by molar-refractivity contribution is 0.102. The highest BCUT2D eigenvalue weighted by Gasteiger charge is 2.13. The topological polar surface area (TPSA) is 89.3 Å². The third-order valence-electron chi connectivity index (χ3n) is 3.15. The Balaban J connectivity index is 1.95. The molecule has 0 atom stereocenters. The van der Waals surface area contributed by atoms with E-state index in [2.05, 4.69) is 31.7 Å². The monoisotopic (exact) mass is 392 g/mol. The van der Waals surface area contributed by atoms with Crippen LogP contribution in [0.1, 0.15) is 10.4 Å². The van der Waals surface area contributed by atoms with Crippen LogP contribution in [0.2, 0.25) is 0 Å². The second-order valence-electron chi connectivity index (χ2n) is 4.65. The number of nitrogen functional groups attached to an aromatic ring is 1. The first kappa shape index (κ1) is 15.7. The fourth-order valence-electron chi connectivity index (χ4n) is 2.12. The molecule has 1 aromatic heterocycles. The molecule has 0 bridgehead atoms. The number of rotatable bonds is 4. The Morgan fingerprint density at radius 2 is 2.17 bits per heavy atom. The van der Waals surface area contributed by atoms with Crippen molar-refractivity contribution in [3.8, 4) is 5.75 Å². The van der Waals surface area contributed by atoms with Crippen LogP contribution in [0.15, 0.2) is 40.9 Å². The summed E-state index contributed by atoms with van der Waals surface area (Å²) < 4.78 is 7.06. The van der Waals surface area contributed by atoms with Crippen molar-refractivity contribution in [1.29, 1.82) is 0 Å². The van der Waals surface area contributed by atoms with Crippen LogP contribution in [-0.4, -0.2) is 18.0 Å². The molecule has 0 saturated carbocycles. The van der Waals surface area contributed by atoms with Crippen molar-refractivity contribution in [3.05, 3.63) is 46.4 Å². The number of aromatic nitrogens is 1. The van der Waals surface area contributed by atoms with Crippen molar-refractivity contribution < 1.29 is 9.53 Å². The summed E-state index contributed by atoms with van der Waals surface area (Å²) >= 11 is 4.74. The Hall–Kier alpha value is -2.16. The summed E-state index contributed by atoms with van der Waals surface area (Å²) in [5.41, 5.74) is 4.41. The van der Waals surface area contributed by atoms with Gasteiger partial charge in [0.1, 0.15) is 11.3 Å². The number of halogens is 1. The molecule has 0 saturated heterocycles. The van der Waals surface area contributed by atoms with Crippen LogP contribution < -0.4 is 21.3 Å². The molecule has 8 heteroatoms. The number of hydrazine groups is 1. The first-order chi connectivity index (χ1) is 11.1. The molecule has 118 valence electrons. The van der Waals surface area contributed by atoms with Gasteiger partial charge in [0, 0.05) is 21.8 Å². The van der Waals surface area contributed by atoms with Gasteiger partial charge in [-0.2, -0.15) is 0 Å². The maximum atomic E-state index is 12.3. The van der Waals surface area contributed by atoms with E-state index in [0.29, 0.717) is 27.6 Å². The molecule has 0 aliphatic carbocycles. The molecule has 0 spiro atoms. The molecule has 0 fully saturated rings. The highest BCUT2D eigenvalue weighted by atomic mass is 79.9. The number of hydrogen-bond acceptors (Lipinski definition) is 6. The second kappa shape index (κ2) is 6.53. The average Bonchev–Trinajstić information content (AvgIpc) is 2.97. The van der Waals surface area contributed by atoms with E-state index < -0.39 is 0 Å². The lowest BCUT2D eigenvalue weighted by Gasteiger charge is -2.08. The number of thiazole rings is 1. The smallest absolute Gasteiger partial charge is 0.255 e. The van der Waals surface area contributed by atoms with Crippen LogP contribution in [0.4, 0.5) is 10.8 Å². The largest absolute Gasteiger partial charge is 0.494 e. The van der Waals surface area contributed by atoms with Gasteiger partial charge >= 0.3 is 0 Å². The summed E-state index contributed by atoms with van der Waals surface area (Å²) in [6, 6.07) is 10.8. The maximum Gasteiger partial charge on any atom is 0.255 e. The maximum absolute atomic E-state index is 12.3. The second-order valence-corrected chi connectivity index (χ2v) is 6.60. The predicted molar refractivity (Wildman–Crippen MR) is 96.1 cm³/mol. The molecule has 0 unspecified atom stereocenters. The van der Waals surface area contributed by atoms with Crippen molar-refractivity contribution in [2.45, 2.75) is 0 Å². The van der Waals surface area contributed by atoms with Gasteiger partial charge < -0.3 is 10.1 Å². The number of anilines is 2. The number of fused-ring (bicyclic) bond motifs is 1. The average molecular weight is 393 g/mol. The summed E-state index contributed by atoms with van der Waals surface area (Å²) in [5, 5.41) is 3.44. The van der Waals surface area contributed by atoms with Crippen LogP contribution in [0, 0.1) is 0 Å². The third kappa shape index (κ3) is 3.29. The minimum atomic E-state index is -0.200. The molecule has 4 N–H and O–H groups in total. The zero-order valence-corrected chi connectivity index (χ0v) is 14.5. The summed E-state index contributed by atoms with van der Waals surface area (Å²) in [6.45, 7) is 0. The number of nitrogens with zero attached hydrogens (tertiary/aromatic N) is 1. The van der Waals surface area contributed by atoms with Crippen molar-refractivity contribution in [1.82, 2.24) is 4.98 Å². The number of ether oxygens (including phenoxy) is 1. The van der Waals surface area contributed by atoms with Crippen molar-refractivity contribution in [2.75, 3.05) is 17.9 Å². The summed E-state index contributed by atoms with van der Waals surface area (Å²) in [6.07, 6.45) is 0. The Morgan fingerprint density at radius 3 is 2.87 bits per heavy atom. The molecule has 3 rings (SSSR count). The van der Waals surface area contributed by atoms with Gasteiger partial charge in [0.05, 0.1) is 11.8 Å². The Labute approximate surface area is 144 Å². The van der Waals surface area contributed by atoms with E-state index in [-0.39, 0.29) is 5.91 Å². The molecular formula is C15H13BrN4O2S. The van der Waals surface area contributed by atoms with Gasteiger partial charge in [-0.05, 0) is 24.3 Å². The van der Waals surface area contributed by atoms with Gasteiger partial charge in [0.25, 0.3) is 5.91 Å². The first-order valence-electron chi connectivity index (χ1n) is 6.63. The molecular weight excluding hydrogens is 380 g/mol. The summed E-state index contributed by atoms with van der Waals surface area (Å²) in [4.78, 5) is 16.7. The number of nitrogens with one attached hydrogen (secondary N) is 2. The minimum absolute atomic E-state index is 0.200. The number of nitrogens with two attached hydrogens (primary N) is 1. The molecule has 3 aromatic rings. The number of methoxy groups -OCH3 is 1.